The third-order valence-corrected chi connectivity index (χ3v) is 4.86. The lowest BCUT2D eigenvalue weighted by atomic mass is 10.2. The van der Waals surface area contributed by atoms with E-state index in [1.54, 1.807) is 0 Å². The van der Waals surface area contributed by atoms with E-state index in [0.29, 0.717) is 22.8 Å². The van der Waals surface area contributed by atoms with Crippen LogP contribution in [-0.4, -0.2) is 48.0 Å². The molecule has 0 radical (unpaired) electrons. The Morgan fingerprint density at radius 2 is 2.12 bits per heavy atom. The summed E-state index contributed by atoms with van der Waals surface area (Å²) in [7, 11) is 0. The molecule has 2 aliphatic rings. The molecule has 4 heteroatoms. The first-order valence-corrected chi connectivity index (χ1v) is 7.40. The summed E-state index contributed by atoms with van der Waals surface area (Å²) in [6.07, 6.45) is 3.62. The van der Waals surface area contributed by atoms with Gasteiger partial charge in [-0.25, -0.2) is 0 Å². The van der Waals surface area contributed by atoms with E-state index in [1.807, 2.05) is 16.7 Å². The summed E-state index contributed by atoms with van der Waals surface area (Å²) in [5.74, 6) is 1.75. The number of amides is 1. The number of hydrogen-bond donors (Lipinski definition) is 1. The molecule has 0 saturated carbocycles. The van der Waals surface area contributed by atoms with E-state index in [2.05, 4.69) is 12.2 Å². The molecule has 2 saturated heterocycles. The Hall–Kier alpha value is -0.220. The van der Waals surface area contributed by atoms with Crippen LogP contribution in [0, 0.1) is 5.92 Å². The highest BCUT2D eigenvalue weighted by atomic mass is 32.2. The molecule has 1 N–H and O–H groups in total. The van der Waals surface area contributed by atoms with E-state index >= 15 is 0 Å². The van der Waals surface area contributed by atoms with E-state index in [0.717, 1.165) is 26.2 Å². The monoisotopic (exact) mass is 242 g/mol. The molecule has 0 bridgehead atoms. The topological polar surface area (TPSA) is 32.3 Å². The molecule has 0 aromatic heterocycles. The van der Waals surface area contributed by atoms with Crippen LogP contribution in [-0.2, 0) is 4.79 Å². The smallest absolute Gasteiger partial charge is 0.232 e. The number of carbonyl (C=O) groups is 1. The maximum absolute atomic E-state index is 11.9. The lowest BCUT2D eigenvalue weighted by molar-refractivity contribution is -0.127. The molecule has 0 spiro atoms. The van der Waals surface area contributed by atoms with Crippen molar-refractivity contribution >= 4 is 17.7 Å². The minimum atomic E-state index is 0.355. The first-order valence-electron chi connectivity index (χ1n) is 6.36. The van der Waals surface area contributed by atoms with E-state index < -0.39 is 0 Å². The van der Waals surface area contributed by atoms with Crippen LogP contribution in [0.25, 0.3) is 0 Å². The molecule has 1 atom stereocenters. The van der Waals surface area contributed by atoms with Crippen molar-refractivity contribution in [3.8, 4) is 0 Å². The Kier molecular flexibility index (Phi) is 4.53. The Morgan fingerprint density at radius 1 is 1.38 bits per heavy atom. The number of nitrogens with zero attached hydrogens (tertiary/aromatic N) is 1. The fraction of sp³-hybridized carbons (Fsp3) is 0.917. The average molecular weight is 242 g/mol. The summed E-state index contributed by atoms with van der Waals surface area (Å²) in [5, 5.41) is 4.05. The average Bonchev–Trinajstić information content (AvgIpc) is 2.74. The van der Waals surface area contributed by atoms with Crippen LogP contribution >= 0.6 is 11.8 Å². The van der Waals surface area contributed by atoms with Crippen molar-refractivity contribution in [2.45, 2.75) is 31.4 Å². The SMILES string of the molecule is CC1CCN(C(=O)CSC2CCNCC2)C1. The standard InChI is InChI=1S/C12H22N2OS/c1-10-4-7-14(8-10)12(15)9-16-11-2-5-13-6-3-11/h10-11,13H,2-9H2,1H3. The second kappa shape index (κ2) is 5.92. The number of hydrogen-bond acceptors (Lipinski definition) is 3. The number of likely N-dealkylation sites (tertiary alicyclic amines) is 1. The van der Waals surface area contributed by atoms with E-state index in [-0.39, 0.29) is 0 Å². The first-order chi connectivity index (χ1) is 7.75. The number of rotatable bonds is 3. The van der Waals surface area contributed by atoms with Crippen LogP contribution in [0.2, 0.25) is 0 Å². The van der Waals surface area contributed by atoms with Crippen LogP contribution < -0.4 is 5.32 Å². The van der Waals surface area contributed by atoms with Gasteiger partial charge in [0.1, 0.15) is 0 Å². The van der Waals surface area contributed by atoms with Crippen molar-refractivity contribution in [1.29, 1.82) is 0 Å². The van der Waals surface area contributed by atoms with Crippen molar-refractivity contribution in [3.05, 3.63) is 0 Å². The molecule has 1 unspecified atom stereocenters. The number of nitrogens with one attached hydrogen (secondary N) is 1. The highest BCUT2D eigenvalue weighted by Gasteiger charge is 2.24. The molecule has 2 rings (SSSR count). The molecule has 0 aromatic carbocycles. The normalized spacial score (nSPS) is 27.3. The number of piperidine rings is 1. The van der Waals surface area contributed by atoms with Gasteiger partial charge in [-0.2, -0.15) is 0 Å². The summed E-state index contributed by atoms with van der Waals surface area (Å²) in [6.45, 7) is 6.42. The third-order valence-electron chi connectivity index (χ3n) is 3.51. The Balaban J connectivity index is 1.67. The molecule has 1 amide bonds. The molecule has 3 nitrogen and oxygen atoms in total. The first kappa shape index (κ1) is 12.2. The van der Waals surface area contributed by atoms with Gasteiger partial charge >= 0.3 is 0 Å². The van der Waals surface area contributed by atoms with Gasteiger partial charge in [-0.05, 0) is 38.3 Å². The molecular formula is C12H22N2OS. The summed E-state index contributed by atoms with van der Waals surface area (Å²) < 4.78 is 0. The van der Waals surface area contributed by atoms with Crippen LogP contribution in [0.1, 0.15) is 26.2 Å². The minimum absolute atomic E-state index is 0.355. The Morgan fingerprint density at radius 3 is 2.75 bits per heavy atom. The summed E-state index contributed by atoms with van der Waals surface area (Å²) >= 11 is 1.86. The Labute approximate surface area is 102 Å². The molecule has 2 heterocycles. The number of thioether (sulfide) groups is 1. The van der Waals surface area contributed by atoms with Gasteiger partial charge in [-0.1, -0.05) is 6.92 Å². The molecule has 2 fully saturated rings. The summed E-state index contributed by atoms with van der Waals surface area (Å²) in [6, 6.07) is 0. The van der Waals surface area contributed by atoms with Gasteiger partial charge in [-0.3, -0.25) is 4.79 Å². The molecule has 16 heavy (non-hydrogen) atoms. The largest absolute Gasteiger partial charge is 0.342 e. The van der Waals surface area contributed by atoms with Gasteiger partial charge in [0, 0.05) is 18.3 Å². The van der Waals surface area contributed by atoms with Gasteiger partial charge in [0.2, 0.25) is 5.91 Å². The number of carbonyl (C=O) groups excluding carboxylic acids is 1. The lowest BCUT2D eigenvalue weighted by Gasteiger charge is -2.23. The molecule has 2 aliphatic heterocycles. The fourth-order valence-electron chi connectivity index (χ4n) is 2.40. The highest BCUT2D eigenvalue weighted by molar-refractivity contribution is 8.00. The van der Waals surface area contributed by atoms with Gasteiger partial charge in [0.25, 0.3) is 0 Å². The van der Waals surface area contributed by atoms with E-state index in [1.165, 1.54) is 19.3 Å². The van der Waals surface area contributed by atoms with Gasteiger partial charge < -0.3 is 10.2 Å². The zero-order valence-corrected chi connectivity index (χ0v) is 10.9. The van der Waals surface area contributed by atoms with Crippen molar-refractivity contribution in [1.82, 2.24) is 10.2 Å². The predicted octanol–water partition coefficient (Wildman–Crippen LogP) is 1.34. The quantitative estimate of drug-likeness (QED) is 0.810. The molecular weight excluding hydrogens is 220 g/mol. The molecule has 0 aliphatic carbocycles. The van der Waals surface area contributed by atoms with E-state index in [9.17, 15) is 4.79 Å². The second-order valence-corrected chi connectivity index (χ2v) is 6.28. The van der Waals surface area contributed by atoms with Gasteiger partial charge in [-0.15, -0.1) is 11.8 Å². The highest BCUT2D eigenvalue weighted by Crippen LogP contribution is 2.22. The van der Waals surface area contributed by atoms with Gasteiger partial charge in [0.15, 0.2) is 0 Å². The Bertz CT molecular complexity index is 241. The van der Waals surface area contributed by atoms with Crippen LogP contribution in [0.15, 0.2) is 0 Å². The summed E-state index contributed by atoms with van der Waals surface area (Å²) in [4.78, 5) is 14.0. The molecule has 92 valence electrons. The van der Waals surface area contributed by atoms with Crippen LogP contribution in [0.4, 0.5) is 0 Å². The van der Waals surface area contributed by atoms with Crippen molar-refractivity contribution < 1.29 is 4.79 Å². The van der Waals surface area contributed by atoms with Gasteiger partial charge in [0.05, 0.1) is 5.75 Å². The second-order valence-electron chi connectivity index (χ2n) is 4.99. The fourth-order valence-corrected chi connectivity index (χ4v) is 3.53. The van der Waals surface area contributed by atoms with E-state index in [4.69, 9.17) is 0 Å². The minimum Gasteiger partial charge on any atom is -0.342 e. The lowest BCUT2D eigenvalue weighted by Crippen LogP contribution is -2.33. The van der Waals surface area contributed by atoms with Crippen molar-refractivity contribution in [2.75, 3.05) is 31.9 Å². The maximum atomic E-state index is 11.9. The van der Waals surface area contributed by atoms with Crippen molar-refractivity contribution in [2.24, 2.45) is 5.92 Å². The molecule has 0 aromatic rings. The predicted molar refractivity (Wildman–Crippen MR) is 68.7 cm³/mol. The third kappa shape index (κ3) is 3.39. The van der Waals surface area contributed by atoms with Crippen LogP contribution in [0.3, 0.4) is 0 Å². The van der Waals surface area contributed by atoms with Crippen LogP contribution in [0.5, 0.6) is 0 Å². The zero-order valence-electron chi connectivity index (χ0n) is 10.1. The maximum Gasteiger partial charge on any atom is 0.232 e. The van der Waals surface area contributed by atoms with Crippen molar-refractivity contribution in [3.63, 3.8) is 0 Å². The summed E-state index contributed by atoms with van der Waals surface area (Å²) in [5.41, 5.74) is 0. The zero-order chi connectivity index (χ0) is 11.4.